The molecule has 7 heteroatoms. The van der Waals surface area contributed by atoms with Crippen molar-refractivity contribution in [2.75, 3.05) is 7.05 Å². The Kier molecular flexibility index (Phi) is 4.55. The molecule has 2 aliphatic heterocycles. The van der Waals surface area contributed by atoms with Crippen LogP contribution in [0.25, 0.3) is 0 Å². The molecular weight excluding hydrogens is 306 g/mol. The Morgan fingerprint density at radius 1 is 1.33 bits per heavy atom. The SMILES string of the molecule is CN(Cc1nncn1C)C1CC2CCC(C1)N2C(=O)OC(C)(C)C. The molecule has 2 aliphatic rings. The highest BCUT2D eigenvalue weighted by Gasteiger charge is 2.45. The van der Waals surface area contributed by atoms with E-state index in [2.05, 4.69) is 22.1 Å². The van der Waals surface area contributed by atoms with Crippen LogP contribution in [0, 0.1) is 0 Å². The van der Waals surface area contributed by atoms with E-state index < -0.39 is 5.60 Å². The number of piperidine rings is 1. The summed E-state index contributed by atoms with van der Waals surface area (Å²) in [6, 6.07) is 1.06. The quantitative estimate of drug-likeness (QED) is 0.847. The molecule has 3 heterocycles. The predicted octanol–water partition coefficient (Wildman–Crippen LogP) is 2.18. The van der Waals surface area contributed by atoms with Crippen LogP contribution in [-0.2, 0) is 18.3 Å². The molecule has 2 fully saturated rings. The van der Waals surface area contributed by atoms with Crippen molar-refractivity contribution in [3.63, 3.8) is 0 Å². The topological polar surface area (TPSA) is 63.5 Å². The number of amides is 1. The van der Waals surface area contributed by atoms with Gasteiger partial charge in [0, 0.05) is 25.2 Å². The summed E-state index contributed by atoms with van der Waals surface area (Å²) in [4.78, 5) is 16.9. The first-order chi connectivity index (χ1) is 11.2. The summed E-state index contributed by atoms with van der Waals surface area (Å²) in [6.07, 6.45) is 5.76. The Morgan fingerprint density at radius 2 is 1.96 bits per heavy atom. The van der Waals surface area contributed by atoms with Crippen LogP contribution < -0.4 is 0 Å². The van der Waals surface area contributed by atoms with Crippen molar-refractivity contribution < 1.29 is 9.53 Å². The Balaban J connectivity index is 1.62. The van der Waals surface area contributed by atoms with Crippen LogP contribution in [-0.4, -0.2) is 61.4 Å². The lowest BCUT2D eigenvalue weighted by Crippen LogP contribution is -2.52. The van der Waals surface area contributed by atoms with E-state index >= 15 is 0 Å². The molecular formula is C17H29N5O2. The zero-order valence-corrected chi connectivity index (χ0v) is 15.4. The fourth-order valence-corrected chi connectivity index (χ4v) is 3.92. The van der Waals surface area contributed by atoms with Gasteiger partial charge in [0.2, 0.25) is 0 Å². The van der Waals surface area contributed by atoms with E-state index in [9.17, 15) is 4.79 Å². The number of aryl methyl sites for hydroxylation is 1. The van der Waals surface area contributed by atoms with Crippen LogP contribution in [0.2, 0.25) is 0 Å². The Morgan fingerprint density at radius 3 is 2.46 bits per heavy atom. The first-order valence-electron chi connectivity index (χ1n) is 8.79. The van der Waals surface area contributed by atoms with Gasteiger partial charge in [-0.2, -0.15) is 0 Å². The van der Waals surface area contributed by atoms with Crippen molar-refractivity contribution in [2.24, 2.45) is 7.05 Å². The average molecular weight is 335 g/mol. The molecule has 1 aromatic heterocycles. The summed E-state index contributed by atoms with van der Waals surface area (Å²) in [5, 5.41) is 8.12. The lowest BCUT2D eigenvalue weighted by Gasteiger charge is -2.42. The van der Waals surface area contributed by atoms with Crippen LogP contribution in [0.15, 0.2) is 6.33 Å². The van der Waals surface area contributed by atoms with Gasteiger partial charge in [0.15, 0.2) is 0 Å². The maximum Gasteiger partial charge on any atom is 0.410 e. The predicted molar refractivity (Wildman–Crippen MR) is 90.4 cm³/mol. The van der Waals surface area contributed by atoms with Crippen molar-refractivity contribution in [3.05, 3.63) is 12.2 Å². The van der Waals surface area contributed by atoms with Gasteiger partial charge in [-0.25, -0.2) is 4.79 Å². The van der Waals surface area contributed by atoms with Crippen LogP contribution in [0.5, 0.6) is 0 Å². The van der Waals surface area contributed by atoms with Gasteiger partial charge in [-0.1, -0.05) is 0 Å². The maximum atomic E-state index is 12.5. The maximum absolute atomic E-state index is 12.5. The molecule has 2 atom stereocenters. The van der Waals surface area contributed by atoms with Gasteiger partial charge in [-0.05, 0) is 53.5 Å². The second-order valence-electron chi connectivity index (χ2n) is 8.17. The molecule has 24 heavy (non-hydrogen) atoms. The van der Waals surface area contributed by atoms with Gasteiger partial charge in [0.1, 0.15) is 17.8 Å². The number of carbonyl (C=O) groups excluding carboxylic acids is 1. The summed E-state index contributed by atoms with van der Waals surface area (Å²) >= 11 is 0. The molecule has 0 radical (unpaired) electrons. The van der Waals surface area contributed by atoms with E-state index in [-0.39, 0.29) is 6.09 Å². The number of rotatable bonds is 3. The number of hydrogen-bond acceptors (Lipinski definition) is 5. The number of carbonyl (C=O) groups is 1. The third kappa shape index (κ3) is 3.55. The third-order valence-electron chi connectivity index (χ3n) is 5.13. The molecule has 3 rings (SSSR count). The van der Waals surface area contributed by atoms with E-state index in [4.69, 9.17) is 4.74 Å². The molecule has 0 aromatic carbocycles. The average Bonchev–Trinajstić information content (AvgIpc) is 2.98. The summed E-state index contributed by atoms with van der Waals surface area (Å²) in [5.74, 6) is 0.972. The normalized spacial score (nSPS) is 26.9. The molecule has 1 aromatic rings. The van der Waals surface area contributed by atoms with Gasteiger partial charge >= 0.3 is 6.09 Å². The van der Waals surface area contributed by atoms with Gasteiger partial charge < -0.3 is 14.2 Å². The lowest BCUT2D eigenvalue weighted by atomic mass is 9.96. The highest BCUT2D eigenvalue weighted by atomic mass is 16.6. The second kappa shape index (κ2) is 6.35. The largest absolute Gasteiger partial charge is 0.444 e. The van der Waals surface area contributed by atoms with Crippen LogP contribution in [0.1, 0.15) is 52.3 Å². The van der Waals surface area contributed by atoms with Gasteiger partial charge in [0.05, 0.1) is 6.54 Å². The minimum absolute atomic E-state index is 0.149. The van der Waals surface area contributed by atoms with E-state index in [1.54, 1.807) is 6.33 Å². The second-order valence-corrected chi connectivity index (χ2v) is 8.17. The molecule has 0 N–H and O–H groups in total. The number of hydrogen-bond donors (Lipinski definition) is 0. The zero-order chi connectivity index (χ0) is 17.5. The van der Waals surface area contributed by atoms with Crippen LogP contribution >= 0.6 is 0 Å². The molecule has 1 amide bonds. The smallest absolute Gasteiger partial charge is 0.410 e. The number of ether oxygens (including phenoxy) is 1. The van der Waals surface area contributed by atoms with E-state index in [1.807, 2.05) is 37.3 Å². The molecule has 2 bridgehead atoms. The molecule has 0 aliphatic carbocycles. The van der Waals surface area contributed by atoms with Gasteiger partial charge in [0.25, 0.3) is 0 Å². The Bertz CT molecular complexity index is 580. The van der Waals surface area contributed by atoms with E-state index in [1.165, 1.54) is 0 Å². The zero-order valence-electron chi connectivity index (χ0n) is 15.4. The minimum Gasteiger partial charge on any atom is -0.444 e. The van der Waals surface area contributed by atoms with Crippen molar-refractivity contribution in [1.29, 1.82) is 0 Å². The fourth-order valence-electron chi connectivity index (χ4n) is 3.92. The molecule has 7 nitrogen and oxygen atoms in total. The highest BCUT2D eigenvalue weighted by molar-refractivity contribution is 5.69. The van der Waals surface area contributed by atoms with Crippen LogP contribution in [0.3, 0.4) is 0 Å². The Labute approximate surface area is 144 Å². The van der Waals surface area contributed by atoms with Crippen molar-refractivity contribution >= 4 is 6.09 Å². The molecule has 2 saturated heterocycles. The van der Waals surface area contributed by atoms with Gasteiger partial charge in [-0.15, -0.1) is 10.2 Å². The molecule has 2 unspecified atom stereocenters. The number of fused-ring (bicyclic) bond motifs is 2. The van der Waals surface area contributed by atoms with Crippen molar-refractivity contribution in [1.82, 2.24) is 24.6 Å². The lowest BCUT2D eigenvalue weighted by molar-refractivity contribution is -0.00299. The van der Waals surface area contributed by atoms with Crippen molar-refractivity contribution in [2.45, 2.75) is 76.7 Å². The summed E-state index contributed by atoms with van der Waals surface area (Å²) < 4.78 is 7.57. The summed E-state index contributed by atoms with van der Waals surface area (Å²) in [7, 11) is 4.11. The molecule has 0 saturated carbocycles. The van der Waals surface area contributed by atoms with Crippen LogP contribution in [0.4, 0.5) is 4.79 Å². The monoisotopic (exact) mass is 335 g/mol. The van der Waals surface area contributed by atoms with Gasteiger partial charge in [-0.3, -0.25) is 4.90 Å². The summed E-state index contributed by atoms with van der Waals surface area (Å²) in [5.41, 5.74) is -0.435. The van der Waals surface area contributed by atoms with E-state index in [0.717, 1.165) is 38.1 Å². The number of aromatic nitrogens is 3. The fraction of sp³-hybridized carbons (Fsp3) is 0.824. The first kappa shape index (κ1) is 17.2. The Hall–Kier alpha value is -1.63. The van der Waals surface area contributed by atoms with Crippen molar-refractivity contribution in [3.8, 4) is 0 Å². The highest BCUT2D eigenvalue weighted by Crippen LogP contribution is 2.38. The molecule has 134 valence electrons. The standard InChI is InChI=1S/C17H29N5O2/c1-17(2,3)24-16(23)22-12-6-7-13(22)9-14(8-12)20(4)10-15-19-18-11-21(15)5/h11-14H,6-10H2,1-5H3. The number of nitrogens with zero attached hydrogens (tertiary/aromatic N) is 5. The summed E-state index contributed by atoms with van der Waals surface area (Å²) in [6.45, 7) is 6.56. The molecule has 0 spiro atoms. The minimum atomic E-state index is -0.435. The first-order valence-corrected chi connectivity index (χ1v) is 8.79. The van der Waals surface area contributed by atoms with E-state index in [0.29, 0.717) is 18.1 Å². The third-order valence-corrected chi connectivity index (χ3v) is 5.13.